The fourth-order valence-corrected chi connectivity index (χ4v) is 2.96. The van der Waals surface area contributed by atoms with E-state index < -0.39 is 23.8 Å². The Morgan fingerprint density at radius 3 is 2.74 bits per heavy atom. The SMILES string of the molecule is COc1cccc(N2C(=O)NCC(C(=O)Nc3cc(Cl)ccc3Cl)C2=O)c1. The molecule has 3 rings (SSSR count). The number of urea groups is 1. The number of halogens is 2. The van der Waals surface area contributed by atoms with Gasteiger partial charge in [-0.1, -0.05) is 29.3 Å². The highest BCUT2D eigenvalue weighted by molar-refractivity contribution is 6.36. The zero-order valence-corrected chi connectivity index (χ0v) is 15.7. The lowest BCUT2D eigenvalue weighted by Gasteiger charge is -2.30. The predicted octanol–water partition coefficient (Wildman–Crippen LogP) is 3.31. The first-order chi connectivity index (χ1) is 12.9. The summed E-state index contributed by atoms with van der Waals surface area (Å²) >= 11 is 12.0. The first-order valence-electron chi connectivity index (χ1n) is 7.92. The molecule has 2 N–H and O–H groups in total. The molecule has 1 saturated heterocycles. The number of ether oxygens (including phenoxy) is 1. The van der Waals surface area contributed by atoms with Crippen LogP contribution in [-0.4, -0.2) is 31.5 Å². The molecular weight excluding hydrogens is 393 g/mol. The van der Waals surface area contributed by atoms with E-state index in [2.05, 4.69) is 10.6 Å². The summed E-state index contributed by atoms with van der Waals surface area (Å²) in [5.41, 5.74) is 0.585. The van der Waals surface area contributed by atoms with E-state index in [0.29, 0.717) is 16.5 Å². The molecule has 1 aliphatic rings. The summed E-state index contributed by atoms with van der Waals surface area (Å²) in [6.45, 7) is -0.123. The van der Waals surface area contributed by atoms with Gasteiger partial charge in [-0.3, -0.25) is 9.59 Å². The maximum atomic E-state index is 12.8. The Morgan fingerprint density at radius 1 is 1.22 bits per heavy atom. The number of amides is 4. The minimum Gasteiger partial charge on any atom is -0.497 e. The molecule has 0 spiro atoms. The van der Waals surface area contributed by atoms with Gasteiger partial charge in [0.2, 0.25) is 11.8 Å². The van der Waals surface area contributed by atoms with E-state index in [1.165, 1.54) is 25.3 Å². The molecule has 0 bridgehead atoms. The van der Waals surface area contributed by atoms with Crippen LogP contribution in [0.3, 0.4) is 0 Å². The summed E-state index contributed by atoms with van der Waals surface area (Å²) in [5, 5.41) is 5.80. The van der Waals surface area contributed by atoms with E-state index in [-0.39, 0.29) is 17.3 Å². The number of carbonyl (C=O) groups is 3. The van der Waals surface area contributed by atoms with Crippen molar-refractivity contribution in [1.29, 1.82) is 0 Å². The van der Waals surface area contributed by atoms with E-state index in [4.69, 9.17) is 27.9 Å². The van der Waals surface area contributed by atoms with Gasteiger partial charge in [-0.15, -0.1) is 0 Å². The number of methoxy groups -OCH3 is 1. The standard InChI is InChI=1S/C18H15Cl2N3O4/c1-27-12-4-2-3-11(8-12)23-17(25)13(9-21-18(23)26)16(24)22-15-7-10(19)5-6-14(15)20/h2-8,13H,9H2,1H3,(H,21,26)(H,22,24). The molecule has 1 unspecified atom stereocenters. The van der Waals surface area contributed by atoms with Gasteiger partial charge in [0.1, 0.15) is 11.7 Å². The molecule has 4 amide bonds. The predicted molar refractivity (Wildman–Crippen MR) is 102 cm³/mol. The number of imide groups is 1. The maximum Gasteiger partial charge on any atom is 0.328 e. The zero-order chi connectivity index (χ0) is 19.6. The lowest BCUT2D eigenvalue weighted by Crippen LogP contribution is -2.58. The van der Waals surface area contributed by atoms with Gasteiger partial charge in [-0.25, -0.2) is 9.69 Å². The summed E-state index contributed by atoms with van der Waals surface area (Å²) in [6, 6.07) is 10.4. The molecule has 7 nitrogen and oxygen atoms in total. The summed E-state index contributed by atoms with van der Waals surface area (Å²) in [5.74, 6) is -1.89. The fourth-order valence-electron chi connectivity index (χ4n) is 2.62. The van der Waals surface area contributed by atoms with E-state index in [9.17, 15) is 14.4 Å². The first kappa shape index (κ1) is 19.0. The maximum absolute atomic E-state index is 12.8. The smallest absolute Gasteiger partial charge is 0.328 e. The second-order valence-corrected chi connectivity index (χ2v) is 6.57. The van der Waals surface area contributed by atoms with Crippen LogP contribution in [0.25, 0.3) is 0 Å². The molecule has 140 valence electrons. The topological polar surface area (TPSA) is 87.7 Å². The number of nitrogens with zero attached hydrogens (tertiary/aromatic N) is 1. The molecule has 2 aromatic carbocycles. The second kappa shape index (κ2) is 7.85. The van der Waals surface area contributed by atoms with Crippen LogP contribution in [0.5, 0.6) is 5.75 Å². The summed E-state index contributed by atoms with van der Waals surface area (Å²) in [6.07, 6.45) is 0. The Labute approximate surface area is 165 Å². The molecule has 27 heavy (non-hydrogen) atoms. The van der Waals surface area contributed by atoms with Gasteiger partial charge < -0.3 is 15.4 Å². The van der Waals surface area contributed by atoms with E-state index in [0.717, 1.165) is 4.90 Å². The average Bonchev–Trinajstić information content (AvgIpc) is 2.65. The minimum atomic E-state index is -1.12. The van der Waals surface area contributed by atoms with Crippen LogP contribution in [0.15, 0.2) is 42.5 Å². The van der Waals surface area contributed by atoms with Crippen LogP contribution in [-0.2, 0) is 9.59 Å². The van der Waals surface area contributed by atoms with Crippen LogP contribution in [0, 0.1) is 5.92 Å². The third-order valence-electron chi connectivity index (χ3n) is 3.99. The van der Waals surface area contributed by atoms with Crippen molar-refractivity contribution in [1.82, 2.24) is 5.32 Å². The number of rotatable bonds is 4. The average molecular weight is 408 g/mol. The van der Waals surface area contributed by atoms with Crippen LogP contribution < -0.4 is 20.3 Å². The van der Waals surface area contributed by atoms with E-state index >= 15 is 0 Å². The van der Waals surface area contributed by atoms with Crippen molar-refractivity contribution in [3.05, 3.63) is 52.5 Å². The Bertz CT molecular complexity index is 919. The Morgan fingerprint density at radius 2 is 2.00 bits per heavy atom. The molecule has 0 aromatic heterocycles. The summed E-state index contributed by atoms with van der Waals surface area (Å²) in [4.78, 5) is 38.6. The number of nitrogens with one attached hydrogen (secondary N) is 2. The largest absolute Gasteiger partial charge is 0.497 e. The number of anilines is 2. The summed E-state index contributed by atoms with van der Waals surface area (Å²) in [7, 11) is 1.47. The van der Waals surface area contributed by atoms with E-state index in [1.54, 1.807) is 24.3 Å². The number of hydrogen-bond donors (Lipinski definition) is 2. The van der Waals surface area contributed by atoms with Gasteiger partial charge in [0, 0.05) is 17.6 Å². The molecule has 9 heteroatoms. The molecule has 0 aliphatic carbocycles. The Hall–Kier alpha value is -2.77. The minimum absolute atomic E-state index is 0.123. The molecular formula is C18H15Cl2N3O4. The van der Waals surface area contributed by atoms with Crippen LogP contribution in [0.1, 0.15) is 0 Å². The number of hydrogen-bond acceptors (Lipinski definition) is 4. The van der Waals surface area contributed by atoms with Crippen molar-refractivity contribution in [2.45, 2.75) is 0 Å². The van der Waals surface area contributed by atoms with Crippen molar-refractivity contribution in [2.24, 2.45) is 5.92 Å². The Balaban J connectivity index is 1.84. The van der Waals surface area contributed by atoms with Crippen LogP contribution >= 0.6 is 23.2 Å². The Kier molecular flexibility index (Phi) is 5.53. The van der Waals surface area contributed by atoms with Crippen molar-refractivity contribution >= 4 is 52.4 Å². The molecule has 0 radical (unpaired) electrons. The lowest BCUT2D eigenvalue weighted by atomic mass is 10.0. The van der Waals surface area contributed by atoms with E-state index in [1.807, 2.05) is 0 Å². The van der Waals surface area contributed by atoms with Crippen LogP contribution in [0.4, 0.5) is 16.2 Å². The molecule has 1 heterocycles. The van der Waals surface area contributed by atoms with Gasteiger partial charge >= 0.3 is 6.03 Å². The monoisotopic (exact) mass is 407 g/mol. The first-order valence-corrected chi connectivity index (χ1v) is 8.68. The zero-order valence-electron chi connectivity index (χ0n) is 14.2. The van der Waals surface area contributed by atoms with Crippen molar-refractivity contribution in [3.8, 4) is 5.75 Å². The number of carbonyl (C=O) groups excluding carboxylic acids is 3. The molecule has 1 aliphatic heterocycles. The molecule has 0 saturated carbocycles. The summed E-state index contributed by atoms with van der Waals surface area (Å²) < 4.78 is 5.12. The van der Waals surface area contributed by atoms with Crippen molar-refractivity contribution in [3.63, 3.8) is 0 Å². The molecule has 1 fully saturated rings. The highest BCUT2D eigenvalue weighted by Crippen LogP contribution is 2.28. The number of benzene rings is 2. The second-order valence-electron chi connectivity index (χ2n) is 5.73. The van der Waals surface area contributed by atoms with Gasteiger partial charge in [-0.2, -0.15) is 0 Å². The van der Waals surface area contributed by atoms with Gasteiger partial charge in [-0.05, 0) is 30.3 Å². The lowest BCUT2D eigenvalue weighted by molar-refractivity contribution is -0.130. The quantitative estimate of drug-likeness (QED) is 0.760. The molecule has 2 aromatic rings. The van der Waals surface area contributed by atoms with Crippen molar-refractivity contribution in [2.75, 3.05) is 23.9 Å². The van der Waals surface area contributed by atoms with Gasteiger partial charge in [0.15, 0.2) is 0 Å². The van der Waals surface area contributed by atoms with Crippen LogP contribution in [0.2, 0.25) is 10.0 Å². The highest BCUT2D eigenvalue weighted by Gasteiger charge is 2.39. The normalized spacial score (nSPS) is 16.7. The van der Waals surface area contributed by atoms with Gasteiger partial charge in [0.05, 0.1) is 23.5 Å². The third kappa shape index (κ3) is 3.99. The third-order valence-corrected chi connectivity index (χ3v) is 4.56. The highest BCUT2D eigenvalue weighted by atomic mass is 35.5. The molecule has 1 atom stereocenters. The van der Waals surface area contributed by atoms with Crippen molar-refractivity contribution < 1.29 is 19.1 Å². The van der Waals surface area contributed by atoms with Gasteiger partial charge in [0.25, 0.3) is 0 Å². The fraction of sp³-hybridized carbons (Fsp3) is 0.167.